The number of pyridine rings is 1. The first-order valence-electron chi connectivity index (χ1n) is 5.70. The Bertz CT molecular complexity index is 466. The summed E-state index contributed by atoms with van der Waals surface area (Å²) in [6, 6.07) is 3.42. The Kier molecular flexibility index (Phi) is 5.52. The van der Waals surface area contributed by atoms with Gasteiger partial charge in [-0.25, -0.2) is 12.7 Å². The third-order valence-electron chi connectivity index (χ3n) is 2.91. The second-order valence-electron chi connectivity index (χ2n) is 4.37. The SMILES string of the molecule is Cl.NC1CCCN(S(=O)(=O)Cc2ccncc2)C1. The molecule has 18 heavy (non-hydrogen) atoms. The molecule has 7 heteroatoms. The molecule has 1 aliphatic rings. The number of hydrogen-bond acceptors (Lipinski definition) is 4. The van der Waals surface area contributed by atoms with Crippen molar-refractivity contribution in [1.29, 1.82) is 0 Å². The monoisotopic (exact) mass is 291 g/mol. The molecule has 0 spiro atoms. The molecule has 1 atom stereocenters. The van der Waals surface area contributed by atoms with Gasteiger partial charge >= 0.3 is 0 Å². The highest BCUT2D eigenvalue weighted by molar-refractivity contribution is 7.88. The molecule has 0 saturated carbocycles. The second kappa shape index (κ2) is 6.47. The summed E-state index contributed by atoms with van der Waals surface area (Å²) in [7, 11) is -3.24. The number of nitrogens with two attached hydrogens (primary N) is 1. The van der Waals surface area contributed by atoms with Gasteiger partial charge in [-0.2, -0.15) is 0 Å². The van der Waals surface area contributed by atoms with Crippen molar-refractivity contribution in [2.75, 3.05) is 13.1 Å². The smallest absolute Gasteiger partial charge is 0.218 e. The first-order chi connectivity index (χ1) is 8.08. The lowest BCUT2D eigenvalue weighted by molar-refractivity contribution is 0.316. The average molecular weight is 292 g/mol. The normalized spacial score (nSPS) is 21.3. The van der Waals surface area contributed by atoms with Gasteiger partial charge in [0.1, 0.15) is 0 Å². The van der Waals surface area contributed by atoms with Gasteiger partial charge in [-0.1, -0.05) is 0 Å². The molecule has 1 fully saturated rings. The molecule has 1 aliphatic heterocycles. The van der Waals surface area contributed by atoms with E-state index in [9.17, 15) is 8.42 Å². The summed E-state index contributed by atoms with van der Waals surface area (Å²) in [5, 5.41) is 0. The molecule has 102 valence electrons. The molecule has 2 heterocycles. The average Bonchev–Trinajstić information content (AvgIpc) is 2.30. The molecular weight excluding hydrogens is 274 g/mol. The Labute approximate surface area is 114 Å². The van der Waals surface area contributed by atoms with E-state index in [0.29, 0.717) is 13.1 Å². The van der Waals surface area contributed by atoms with E-state index in [1.165, 1.54) is 4.31 Å². The van der Waals surface area contributed by atoms with Gasteiger partial charge in [0, 0.05) is 31.5 Å². The molecule has 1 aromatic heterocycles. The van der Waals surface area contributed by atoms with Crippen molar-refractivity contribution in [2.45, 2.75) is 24.6 Å². The largest absolute Gasteiger partial charge is 0.327 e. The lowest BCUT2D eigenvalue weighted by atomic mass is 10.1. The second-order valence-corrected chi connectivity index (χ2v) is 6.34. The third kappa shape index (κ3) is 3.91. The van der Waals surface area contributed by atoms with Crippen molar-refractivity contribution >= 4 is 22.4 Å². The van der Waals surface area contributed by atoms with E-state index < -0.39 is 10.0 Å². The number of sulfonamides is 1. The van der Waals surface area contributed by atoms with Crippen molar-refractivity contribution in [3.63, 3.8) is 0 Å². The fraction of sp³-hybridized carbons (Fsp3) is 0.545. The van der Waals surface area contributed by atoms with Crippen LogP contribution in [-0.2, 0) is 15.8 Å². The fourth-order valence-electron chi connectivity index (χ4n) is 2.01. The molecule has 5 nitrogen and oxygen atoms in total. The first kappa shape index (κ1) is 15.4. The van der Waals surface area contributed by atoms with Gasteiger partial charge < -0.3 is 5.73 Å². The van der Waals surface area contributed by atoms with E-state index >= 15 is 0 Å². The molecule has 0 aromatic carbocycles. The van der Waals surface area contributed by atoms with Crippen LogP contribution in [0.2, 0.25) is 0 Å². The van der Waals surface area contributed by atoms with E-state index in [1.807, 2.05) is 0 Å². The number of aromatic nitrogens is 1. The molecule has 0 amide bonds. The van der Waals surface area contributed by atoms with Crippen molar-refractivity contribution < 1.29 is 8.42 Å². The molecular formula is C11H18ClN3O2S. The van der Waals surface area contributed by atoms with Crippen LogP contribution in [0, 0.1) is 0 Å². The predicted molar refractivity (Wildman–Crippen MR) is 72.9 cm³/mol. The van der Waals surface area contributed by atoms with E-state index in [0.717, 1.165) is 18.4 Å². The van der Waals surface area contributed by atoms with Crippen LogP contribution in [0.3, 0.4) is 0 Å². The van der Waals surface area contributed by atoms with Crippen LogP contribution in [0.25, 0.3) is 0 Å². The maximum Gasteiger partial charge on any atom is 0.218 e. The minimum absolute atomic E-state index is 0. The quantitative estimate of drug-likeness (QED) is 0.892. The Hall–Kier alpha value is -0.690. The highest BCUT2D eigenvalue weighted by Gasteiger charge is 2.27. The van der Waals surface area contributed by atoms with Crippen LogP contribution in [0.1, 0.15) is 18.4 Å². The lowest BCUT2D eigenvalue weighted by Crippen LogP contribution is -2.46. The third-order valence-corrected chi connectivity index (χ3v) is 4.73. The number of nitrogens with zero attached hydrogens (tertiary/aromatic N) is 2. The number of halogens is 1. The Morgan fingerprint density at radius 2 is 2.06 bits per heavy atom. The summed E-state index contributed by atoms with van der Waals surface area (Å²) in [5.41, 5.74) is 6.56. The first-order valence-corrected chi connectivity index (χ1v) is 7.31. The van der Waals surface area contributed by atoms with Crippen molar-refractivity contribution in [3.8, 4) is 0 Å². The molecule has 1 unspecified atom stereocenters. The van der Waals surface area contributed by atoms with Crippen molar-refractivity contribution in [2.24, 2.45) is 5.73 Å². The standard InChI is InChI=1S/C11H17N3O2S.ClH/c12-11-2-1-7-14(8-11)17(15,16)9-10-3-5-13-6-4-10;/h3-6,11H,1-2,7-9,12H2;1H. The van der Waals surface area contributed by atoms with Gasteiger partial charge in [-0.05, 0) is 30.5 Å². The topological polar surface area (TPSA) is 76.3 Å². The zero-order valence-electron chi connectivity index (χ0n) is 10.0. The lowest BCUT2D eigenvalue weighted by Gasteiger charge is -2.29. The van der Waals surface area contributed by atoms with E-state index in [2.05, 4.69) is 4.98 Å². The number of piperidine rings is 1. The van der Waals surface area contributed by atoms with Crippen LogP contribution in [0.4, 0.5) is 0 Å². The van der Waals surface area contributed by atoms with Crippen LogP contribution in [0.5, 0.6) is 0 Å². The van der Waals surface area contributed by atoms with Gasteiger partial charge in [-0.3, -0.25) is 4.98 Å². The van der Waals surface area contributed by atoms with E-state index in [1.54, 1.807) is 24.5 Å². The summed E-state index contributed by atoms with van der Waals surface area (Å²) in [6.45, 7) is 1.02. The Morgan fingerprint density at radius 3 is 2.67 bits per heavy atom. The van der Waals surface area contributed by atoms with Gasteiger partial charge in [0.15, 0.2) is 0 Å². The van der Waals surface area contributed by atoms with E-state index in [-0.39, 0.29) is 24.2 Å². The summed E-state index contributed by atoms with van der Waals surface area (Å²) >= 11 is 0. The summed E-state index contributed by atoms with van der Waals surface area (Å²) in [6.07, 6.45) is 4.96. The predicted octanol–water partition coefficient (Wildman–Crippen LogP) is 0.756. The Morgan fingerprint density at radius 1 is 1.39 bits per heavy atom. The molecule has 2 rings (SSSR count). The minimum atomic E-state index is -3.24. The van der Waals surface area contributed by atoms with Gasteiger partial charge in [0.05, 0.1) is 5.75 Å². The molecule has 1 aromatic rings. The minimum Gasteiger partial charge on any atom is -0.327 e. The highest BCUT2D eigenvalue weighted by atomic mass is 35.5. The molecule has 0 bridgehead atoms. The highest BCUT2D eigenvalue weighted by Crippen LogP contribution is 2.16. The summed E-state index contributed by atoms with van der Waals surface area (Å²) < 4.78 is 25.8. The molecule has 2 N–H and O–H groups in total. The maximum atomic E-state index is 12.2. The van der Waals surface area contributed by atoms with Crippen LogP contribution < -0.4 is 5.73 Å². The Balaban J connectivity index is 0.00000162. The van der Waals surface area contributed by atoms with Crippen LogP contribution >= 0.6 is 12.4 Å². The van der Waals surface area contributed by atoms with Crippen molar-refractivity contribution in [1.82, 2.24) is 9.29 Å². The zero-order chi connectivity index (χ0) is 12.3. The van der Waals surface area contributed by atoms with Crippen LogP contribution in [-0.4, -0.2) is 36.8 Å². The van der Waals surface area contributed by atoms with Crippen molar-refractivity contribution in [3.05, 3.63) is 30.1 Å². The molecule has 0 radical (unpaired) electrons. The molecule has 1 saturated heterocycles. The van der Waals surface area contributed by atoms with Gasteiger partial charge in [0.25, 0.3) is 0 Å². The number of rotatable bonds is 3. The zero-order valence-corrected chi connectivity index (χ0v) is 11.7. The fourth-order valence-corrected chi connectivity index (χ4v) is 3.63. The van der Waals surface area contributed by atoms with Gasteiger partial charge in [0.2, 0.25) is 10.0 Å². The van der Waals surface area contributed by atoms with E-state index in [4.69, 9.17) is 5.73 Å². The number of hydrogen-bond donors (Lipinski definition) is 1. The van der Waals surface area contributed by atoms with Gasteiger partial charge in [-0.15, -0.1) is 12.4 Å². The maximum absolute atomic E-state index is 12.2. The molecule has 0 aliphatic carbocycles. The summed E-state index contributed by atoms with van der Waals surface area (Å²) in [5.74, 6) is 0.0300. The van der Waals surface area contributed by atoms with Crippen LogP contribution in [0.15, 0.2) is 24.5 Å². The summed E-state index contributed by atoms with van der Waals surface area (Å²) in [4.78, 5) is 3.87.